The Kier molecular flexibility index (Phi) is 5.04. The Morgan fingerprint density at radius 3 is 2.83 bits per heavy atom. The number of methoxy groups -OCH3 is 1. The largest absolute Gasteiger partial charge is 0.497 e. The van der Waals surface area contributed by atoms with Crippen molar-refractivity contribution in [2.45, 2.75) is 6.92 Å². The lowest BCUT2D eigenvalue weighted by Crippen LogP contribution is -2.13. The molecular weight excluding hydrogens is 316 g/mol. The van der Waals surface area contributed by atoms with Gasteiger partial charge in [0, 0.05) is 24.9 Å². The molecule has 0 aliphatic carbocycles. The number of amides is 1. The number of carbonyl (C=O) groups excluding carboxylic acids is 1. The van der Waals surface area contributed by atoms with Crippen LogP contribution in [0.4, 0.5) is 5.69 Å². The Labute approximate surface area is 138 Å². The quantitative estimate of drug-likeness (QED) is 0.690. The molecule has 0 bridgehead atoms. The van der Waals surface area contributed by atoms with Crippen molar-refractivity contribution in [3.05, 3.63) is 46.2 Å². The minimum absolute atomic E-state index is 0.0417. The number of anilines is 1. The lowest BCUT2D eigenvalue weighted by molar-refractivity contribution is -0.112. The highest BCUT2D eigenvalue weighted by molar-refractivity contribution is 6.34. The van der Waals surface area contributed by atoms with E-state index in [1.165, 1.54) is 13.2 Å². The molecule has 118 valence electrons. The molecular formula is C16H15ClN4O2. The first-order valence-corrected chi connectivity index (χ1v) is 7.09. The van der Waals surface area contributed by atoms with E-state index < -0.39 is 5.91 Å². The summed E-state index contributed by atoms with van der Waals surface area (Å²) in [4.78, 5) is 12.3. The summed E-state index contributed by atoms with van der Waals surface area (Å²) in [6.45, 7) is 1.80. The van der Waals surface area contributed by atoms with E-state index in [-0.39, 0.29) is 5.57 Å². The summed E-state index contributed by atoms with van der Waals surface area (Å²) in [5, 5.41) is 16.4. The van der Waals surface area contributed by atoms with Crippen molar-refractivity contribution in [2.24, 2.45) is 7.05 Å². The van der Waals surface area contributed by atoms with Crippen molar-refractivity contribution < 1.29 is 9.53 Å². The summed E-state index contributed by atoms with van der Waals surface area (Å²) in [5.74, 6) is 0.00111. The monoisotopic (exact) mass is 330 g/mol. The molecule has 0 fully saturated rings. The van der Waals surface area contributed by atoms with Gasteiger partial charge in [0.2, 0.25) is 0 Å². The summed E-state index contributed by atoms with van der Waals surface area (Å²) in [5.41, 5.74) is 1.77. The third kappa shape index (κ3) is 3.90. The molecule has 6 nitrogen and oxygen atoms in total. The number of ether oxygens (including phenoxy) is 1. The third-order valence-corrected chi connectivity index (χ3v) is 3.47. The number of carbonyl (C=O) groups is 1. The van der Waals surface area contributed by atoms with Gasteiger partial charge in [-0.25, -0.2) is 0 Å². The van der Waals surface area contributed by atoms with Crippen LogP contribution in [0.5, 0.6) is 5.75 Å². The van der Waals surface area contributed by atoms with Gasteiger partial charge in [-0.2, -0.15) is 10.4 Å². The number of benzene rings is 1. The molecule has 1 aromatic carbocycles. The highest BCUT2D eigenvalue weighted by Gasteiger charge is 2.13. The van der Waals surface area contributed by atoms with Crippen LogP contribution in [0, 0.1) is 18.3 Å². The molecule has 0 saturated heterocycles. The molecule has 0 unspecified atom stereocenters. The van der Waals surface area contributed by atoms with E-state index >= 15 is 0 Å². The number of rotatable bonds is 4. The number of hydrogen-bond acceptors (Lipinski definition) is 4. The minimum atomic E-state index is -0.550. The average Bonchev–Trinajstić information content (AvgIpc) is 2.84. The van der Waals surface area contributed by atoms with Gasteiger partial charge in [0.25, 0.3) is 5.91 Å². The van der Waals surface area contributed by atoms with Crippen LogP contribution in [0.25, 0.3) is 6.08 Å². The van der Waals surface area contributed by atoms with Crippen LogP contribution in [-0.2, 0) is 11.8 Å². The molecule has 0 saturated carbocycles. The van der Waals surface area contributed by atoms with Crippen molar-refractivity contribution in [2.75, 3.05) is 12.4 Å². The fraction of sp³-hybridized carbons (Fsp3) is 0.188. The fourth-order valence-corrected chi connectivity index (χ4v) is 2.15. The van der Waals surface area contributed by atoms with Gasteiger partial charge in [0.1, 0.15) is 17.4 Å². The van der Waals surface area contributed by atoms with E-state index in [0.717, 1.165) is 5.69 Å². The van der Waals surface area contributed by atoms with Crippen molar-refractivity contribution in [1.82, 2.24) is 9.78 Å². The topological polar surface area (TPSA) is 79.9 Å². The molecule has 0 aliphatic heterocycles. The maximum absolute atomic E-state index is 12.3. The molecule has 1 heterocycles. The Hall–Kier alpha value is -2.78. The second-order valence-electron chi connectivity index (χ2n) is 4.81. The normalized spacial score (nSPS) is 11.0. The number of nitrogens with one attached hydrogen (secondary N) is 1. The van der Waals surface area contributed by atoms with Gasteiger partial charge in [-0.3, -0.25) is 9.48 Å². The molecule has 0 atom stereocenters. The predicted octanol–water partition coefficient (Wildman–Crippen LogP) is 2.94. The lowest BCUT2D eigenvalue weighted by Gasteiger charge is -2.08. The second-order valence-corrected chi connectivity index (χ2v) is 5.22. The van der Waals surface area contributed by atoms with Crippen LogP contribution < -0.4 is 10.1 Å². The van der Waals surface area contributed by atoms with E-state index in [4.69, 9.17) is 16.3 Å². The lowest BCUT2D eigenvalue weighted by atomic mass is 10.1. The van der Waals surface area contributed by atoms with Crippen LogP contribution in [0.2, 0.25) is 5.02 Å². The number of halogens is 1. The van der Waals surface area contributed by atoms with E-state index in [1.807, 2.05) is 6.07 Å². The molecule has 7 heteroatoms. The van der Waals surface area contributed by atoms with Crippen LogP contribution in [0.3, 0.4) is 0 Å². The Bertz CT molecular complexity index is 818. The van der Waals surface area contributed by atoms with Crippen molar-refractivity contribution >= 4 is 29.3 Å². The van der Waals surface area contributed by atoms with Crippen LogP contribution in [-0.4, -0.2) is 22.8 Å². The first-order valence-electron chi connectivity index (χ1n) is 6.71. The summed E-state index contributed by atoms with van der Waals surface area (Å²) >= 11 is 6.05. The number of aryl methyl sites for hydroxylation is 2. The van der Waals surface area contributed by atoms with E-state index in [0.29, 0.717) is 22.0 Å². The smallest absolute Gasteiger partial charge is 0.266 e. The number of nitrogens with zero attached hydrogens (tertiary/aromatic N) is 3. The first-order chi connectivity index (χ1) is 10.9. The molecule has 2 rings (SSSR count). The summed E-state index contributed by atoms with van der Waals surface area (Å²) in [6, 6.07) is 6.77. The van der Waals surface area contributed by atoms with Gasteiger partial charge in [0.05, 0.1) is 23.5 Å². The molecule has 1 amide bonds. The highest BCUT2D eigenvalue weighted by atomic mass is 35.5. The van der Waals surface area contributed by atoms with Crippen molar-refractivity contribution in [3.8, 4) is 11.8 Å². The average molecular weight is 331 g/mol. The minimum Gasteiger partial charge on any atom is -0.497 e. The van der Waals surface area contributed by atoms with Gasteiger partial charge < -0.3 is 10.1 Å². The summed E-state index contributed by atoms with van der Waals surface area (Å²) in [7, 11) is 3.28. The Morgan fingerprint density at radius 1 is 1.52 bits per heavy atom. The summed E-state index contributed by atoms with van der Waals surface area (Å²) in [6.07, 6.45) is 3.23. The highest BCUT2D eigenvalue weighted by Crippen LogP contribution is 2.27. The molecule has 0 spiro atoms. The van der Waals surface area contributed by atoms with Crippen LogP contribution in [0.15, 0.2) is 30.0 Å². The van der Waals surface area contributed by atoms with Gasteiger partial charge in [-0.05, 0) is 25.1 Å². The number of nitriles is 1. The maximum atomic E-state index is 12.3. The van der Waals surface area contributed by atoms with Crippen molar-refractivity contribution in [1.29, 1.82) is 5.26 Å². The van der Waals surface area contributed by atoms with Crippen LogP contribution >= 0.6 is 11.6 Å². The molecule has 23 heavy (non-hydrogen) atoms. The molecule has 0 aliphatic rings. The molecule has 2 aromatic rings. The Balaban J connectivity index is 2.28. The zero-order chi connectivity index (χ0) is 17.0. The SMILES string of the molecule is COc1ccc(Cl)c(NC(=O)/C(C#N)=C/c2cn(C)nc2C)c1. The Morgan fingerprint density at radius 2 is 2.26 bits per heavy atom. The van der Waals surface area contributed by atoms with E-state index in [1.54, 1.807) is 43.0 Å². The summed E-state index contributed by atoms with van der Waals surface area (Å²) < 4.78 is 6.71. The van der Waals surface area contributed by atoms with Gasteiger partial charge in [-0.15, -0.1) is 0 Å². The predicted molar refractivity (Wildman–Crippen MR) is 88.2 cm³/mol. The van der Waals surface area contributed by atoms with E-state index in [9.17, 15) is 10.1 Å². The zero-order valence-corrected chi connectivity index (χ0v) is 13.7. The molecule has 1 aromatic heterocycles. The molecule has 1 N–H and O–H groups in total. The number of hydrogen-bond donors (Lipinski definition) is 1. The van der Waals surface area contributed by atoms with Crippen LogP contribution in [0.1, 0.15) is 11.3 Å². The van der Waals surface area contributed by atoms with Gasteiger partial charge in [-0.1, -0.05) is 11.6 Å². The van der Waals surface area contributed by atoms with Gasteiger partial charge in [0.15, 0.2) is 0 Å². The van der Waals surface area contributed by atoms with Gasteiger partial charge >= 0.3 is 0 Å². The fourth-order valence-electron chi connectivity index (χ4n) is 1.98. The maximum Gasteiger partial charge on any atom is 0.266 e. The van der Waals surface area contributed by atoms with Crippen molar-refractivity contribution in [3.63, 3.8) is 0 Å². The number of aromatic nitrogens is 2. The third-order valence-electron chi connectivity index (χ3n) is 3.14. The molecule has 0 radical (unpaired) electrons. The van der Waals surface area contributed by atoms with E-state index in [2.05, 4.69) is 10.4 Å². The first kappa shape index (κ1) is 16.6. The second kappa shape index (κ2) is 6.99. The standard InChI is InChI=1S/C16H15ClN4O2/c1-10-12(9-21(2)20-10)6-11(8-18)16(22)19-15-7-13(23-3)4-5-14(15)17/h4-7,9H,1-3H3,(H,19,22)/b11-6+. The zero-order valence-electron chi connectivity index (χ0n) is 12.9.